The highest BCUT2D eigenvalue weighted by molar-refractivity contribution is 8.00. The quantitative estimate of drug-likeness (QED) is 0.766. The van der Waals surface area contributed by atoms with Crippen LogP contribution in [0.15, 0.2) is 47.4 Å². The average Bonchev–Trinajstić information content (AvgIpc) is 2.56. The second-order valence-corrected chi connectivity index (χ2v) is 6.94. The third-order valence-corrected chi connectivity index (χ3v) is 4.46. The fourth-order valence-electron chi connectivity index (χ4n) is 2.21. The number of rotatable bonds is 6. The van der Waals surface area contributed by atoms with Crippen LogP contribution in [0, 0.1) is 12.7 Å². The van der Waals surface area contributed by atoms with E-state index in [0.717, 1.165) is 5.56 Å². The molecule has 0 saturated carbocycles. The lowest BCUT2D eigenvalue weighted by molar-refractivity contribution is -0.119. The zero-order valence-corrected chi connectivity index (χ0v) is 15.2. The van der Waals surface area contributed by atoms with Crippen LogP contribution in [-0.2, 0) is 4.79 Å². The Balaban J connectivity index is 2.12. The van der Waals surface area contributed by atoms with Gasteiger partial charge in [0.25, 0.3) is 5.91 Å². The standard InChI is InChI=1S/C19H21FN2O2S/c1-12(2)21-18(23)11-25-17-7-5-4-6-15(17)19(24)22-16-10-14(20)9-8-13(16)3/h4-10,12H,11H2,1-3H3,(H,21,23)(H,22,24). The molecular formula is C19H21FN2O2S. The highest BCUT2D eigenvalue weighted by Crippen LogP contribution is 2.24. The van der Waals surface area contributed by atoms with Crippen molar-refractivity contribution < 1.29 is 14.0 Å². The lowest BCUT2D eigenvalue weighted by Crippen LogP contribution is -2.31. The van der Waals surface area contributed by atoms with Gasteiger partial charge in [-0.3, -0.25) is 9.59 Å². The summed E-state index contributed by atoms with van der Waals surface area (Å²) in [7, 11) is 0. The van der Waals surface area contributed by atoms with E-state index in [1.807, 2.05) is 19.9 Å². The molecule has 0 aliphatic carbocycles. The number of anilines is 1. The topological polar surface area (TPSA) is 58.2 Å². The van der Waals surface area contributed by atoms with Crippen molar-refractivity contribution in [2.75, 3.05) is 11.1 Å². The van der Waals surface area contributed by atoms with E-state index in [2.05, 4.69) is 10.6 Å². The molecule has 2 amide bonds. The normalized spacial score (nSPS) is 10.6. The van der Waals surface area contributed by atoms with Crippen molar-refractivity contribution in [3.63, 3.8) is 0 Å². The molecule has 0 atom stereocenters. The van der Waals surface area contributed by atoms with Crippen LogP contribution < -0.4 is 10.6 Å². The van der Waals surface area contributed by atoms with Gasteiger partial charge in [-0.2, -0.15) is 0 Å². The summed E-state index contributed by atoms with van der Waals surface area (Å²) < 4.78 is 13.4. The molecular weight excluding hydrogens is 339 g/mol. The van der Waals surface area contributed by atoms with Gasteiger partial charge >= 0.3 is 0 Å². The van der Waals surface area contributed by atoms with Gasteiger partial charge in [0.1, 0.15) is 5.82 Å². The van der Waals surface area contributed by atoms with Crippen LogP contribution in [0.4, 0.5) is 10.1 Å². The molecule has 0 saturated heterocycles. The highest BCUT2D eigenvalue weighted by atomic mass is 32.2. The smallest absolute Gasteiger partial charge is 0.256 e. The fraction of sp³-hybridized carbons (Fsp3) is 0.263. The third kappa shape index (κ3) is 5.60. The average molecular weight is 360 g/mol. The number of carbonyl (C=O) groups is 2. The van der Waals surface area contributed by atoms with Crippen molar-refractivity contribution in [1.82, 2.24) is 5.32 Å². The van der Waals surface area contributed by atoms with Gasteiger partial charge in [-0.1, -0.05) is 18.2 Å². The Kier molecular flexibility index (Phi) is 6.58. The van der Waals surface area contributed by atoms with Gasteiger partial charge in [-0.25, -0.2) is 4.39 Å². The Bertz CT molecular complexity index is 778. The van der Waals surface area contributed by atoms with Gasteiger partial charge in [-0.15, -0.1) is 11.8 Å². The zero-order chi connectivity index (χ0) is 18.4. The molecule has 0 spiro atoms. The zero-order valence-electron chi connectivity index (χ0n) is 14.4. The van der Waals surface area contributed by atoms with Crippen molar-refractivity contribution in [3.8, 4) is 0 Å². The van der Waals surface area contributed by atoms with Gasteiger partial charge in [0.05, 0.1) is 11.3 Å². The van der Waals surface area contributed by atoms with E-state index in [0.29, 0.717) is 16.1 Å². The van der Waals surface area contributed by atoms with Crippen LogP contribution in [0.3, 0.4) is 0 Å². The maximum absolute atomic E-state index is 13.4. The summed E-state index contributed by atoms with van der Waals surface area (Å²) in [5, 5.41) is 5.55. The van der Waals surface area contributed by atoms with Crippen molar-refractivity contribution in [2.24, 2.45) is 0 Å². The number of nitrogens with one attached hydrogen (secondary N) is 2. The van der Waals surface area contributed by atoms with E-state index in [1.165, 1.54) is 23.9 Å². The number of hydrogen-bond acceptors (Lipinski definition) is 3. The molecule has 6 heteroatoms. The molecule has 2 aromatic carbocycles. The van der Waals surface area contributed by atoms with E-state index in [4.69, 9.17) is 0 Å². The van der Waals surface area contributed by atoms with Crippen LogP contribution in [0.2, 0.25) is 0 Å². The van der Waals surface area contributed by atoms with E-state index >= 15 is 0 Å². The van der Waals surface area contributed by atoms with Crippen molar-refractivity contribution in [2.45, 2.75) is 31.7 Å². The minimum absolute atomic E-state index is 0.0718. The van der Waals surface area contributed by atoms with Gasteiger partial charge in [-0.05, 0) is 50.6 Å². The first kappa shape index (κ1) is 19.0. The maximum Gasteiger partial charge on any atom is 0.256 e. The molecule has 0 heterocycles. The summed E-state index contributed by atoms with van der Waals surface area (Å²) in [6, 6.07) is 11.4. The summed E-state index contributed by atoms with van der Waals surface area (Å²) in [6.07, 6.45) is 0. The molecule has 4 nitrogen and oxygen atoms in total. The third-order valence-electron chi connectivity index (χ3n) is 3.39. The second kappa shape index (κ2) is 8.67. The molecule has 0 aromatic heterocycles. The molecule has 0 bridgehead atoms. The molecule has 0 aliphatic rings. The van der Waals surface area contributed by atoms with E-state index in [9.17, 15) is 14.0 Å². The van der Waals surface area contributed by atoms with Crippen molar-refractivity contribution in [1.29, 1.82) is 0 Å². The van der Waals surface area contributed by atoms with Crippen molar-refractivity contribution >= 4 is 29.3 Å². The van der Waals surface area contributed by atoms with Crippen LogP contribution >= 0.6 is 11.8 Å². The number of hydrogen-bond donors (Lipinski definition) is 2. The lowest BCUT2D eigenvalue weighted by atomic mass is 10.1. The van der Waals surface area contributed by atoms with Crippen molar-refractivity contribution in [3.05, 3.63) is 59.4 Å². The summed E-state index contributed by atoms with van der Waals surface area (Å²) in [4.78, 5) is 25.1. The van der Waals surface area contributed by atoms with Crippen LogP contribution in [0.25, 0.3) is 0 Å². The summed E-state index contributed by atoms with van der Waals surface area (Å²) in [6.45, 7) is 5.59. The number of carbonyl (C=O) groups excluding carboxylic acids is 2. The molecule has 0 unspecified atom stereocenters. The largest absolute Gasteiger partial charge is 0.353 e. The number of benzene rings is 2. The Morgan fingerprint density at radius 1 is 1.16 bits per heavy atom. The van der Waals surface area contributed by atoms with E-state index < -0.39 is 5.82 Å². The van der Waals surface area contributed by atoms with Crippen LogP contribution in [0.5, 0.6) is 0 Å². The molecule has 0 aliphatic heterocycles. The Morgan fingerprint density at radius 2 is 1.88 bits per heavy atom. The molecule has 2 N–H and O–H groups in total. The molecule has 2 aromatic rings. The molecule has 25 heavy (non-hydrogen) atoms. The first-order valence-corrected chi connectivity index (χ1v) is 8.94. The second-order valence-electron chi connectivity index (χ2n) is 5.92. The minimum Gasteiger partial charge on any atom is -0.353 e. The van der Waals surface area contributed by atoms with E-state index in [1.54, 1.807) is 31.2 Å². The first-order chi connectivity index (χ1) is 11.9. The summed E-state index contributed by atoms with van der Waals surface area (Å²) in [5.74, 6) is -0.604. The number of aryl methyl sites for hydroxylation is 1. The minimum atomic E-state index is -0.408. The fourth-order valence-corrected chi connectivity index (χ4v) is 3.07. The van der Waals surface area contributed by atoms with Gasteiger partial charge in [0, 0.05) is 16.6 Å². The SMILES string of the molecule is Cc1ccc(F)cc1NC(=O)c1ccccc1SCC(=O)NC(C)C. The Labute approximate surface area is 151 Å². The number of thioether (sulfide) groups is 1. The van der Waals surface area contributed by atoms with Gasteiger partial charge < -0.3 is 10.6 Å². The molecule has 0 radical (unpaired) electrons. The maximum atomic E-state index is 13.4. The molecule has 132 valence electrons. The number of amides is 2. The molecule has 0 fully saturated rings. The first-order valence-electron chi connectivity index (χ1n) is 7.95. The van der Waals surface area contributed by atoms with Gasteiger partial charge in [0.2, 0.25) is 5.91 Å². The monoisotopic (exact) mass is 360 g/mol. The van der Waals surface area contributed by atoms with Crippen LogP contribution in [-0.4, -0.2) is 23.6 Å². The lowest BCUT2D eigenvalue weighted by Gasteiger charge is -2.12. The molecule has 2 rings (SSSR count). The summed E-state index contributed by atoms with van der Waals surface area (Å²) in [5.41, 5.74) is 1.66. The summed E-state index contributed by atoms with van der Waals surface area (Å²) >= 11 is 1.30. The Morgan fingerprint density at radius 3 is 2.60 bits per heavy atom. The van der Waals surface area contributed by atoms with Crippen LogP contribution in [0.1, 0.15) is 29.8 Å². The Hall–Kier alpha value is -2.34. The van der Waals surface area contributed by atoms with E-state index in [-0.39, 0.29) is 23.6 Å². The van der Waals surface area contributed by atoms with Gasteiger partial charge in [0.15, 0.2) is 0 Å². The predicted octanol–water partition coefficient (Wildman–Crippen LogP) is 4.00. The highest BCUT2D eigenvalue weighted by Gasteiger charge is 2.14. The predicted molar refractivity (Wildman–Crippen MR) is 99.5 cm³/mol. The number of halogens is 1.